The van der Waals surface area contributed by atoms with E-state index in [-0.39, 0.29) is 19.8 Å². The molecular weight excluding hydrogens is 440 g/mol. The Bertz CT molecular complexity index is 857. The summed E-state index contributed by atoms with van der Waals surface area (Å²) in [6.07, 6.45) is 1.84. The molecule has 0 aliphatic rings. The Hall–Kier alpha value is -1.38. The predicted octanol–water partition coefficient (Wildman–Crippen LogP) is 3.68. The minimum absolute atomic E-state index is 0.188. The summed E-state index contributed by atoms with van der Waals surface area (Å²) in [6.45, 7) is -0.671. The second-order valence-corrected chi connectivity index (χ2v) is 6.88. The van der Waals surface area contributed by atoms with Gasteiger partial charge in [-0.3, -0.25) is 0 Å². The molecule has 0 atom stereocenters. The Morgan fingerprint density at radius 2 is 1.67 bits per heavy atom. The fourth-order valence-corrected chi connectivity index (χ4v) is 4.46. The van der Waals surface area contributed by atoms with Crippen molar-refractivity contribution in [1.29, 1.82) is 0 Å². The van der Waals surface area contributed by atoms with Crippen LogP contribution in [0.15, 0.2) is 39.5 Å². The third kappa shape index (κ3) is 2.87. The van der Waals surface area contributed by atoms with E-state index >= 15 is 0 Å². The van der Waals surface area contributed by atoms with Crippen molar-refractivity contribution in [2.75, 3.05) is 0 Å². The Morgan fingerprint density at radius 3 is 2.25 bits per heavy atom. The molecule has 5 nitrogen and oxygen atoms in total. The first-order valence-corrected chi connectivity index (χ1v) is 8.88. The highest BCUT2D eigenvalue weighted by molar-refractivity contribution is 9.11. The largest absolute Gasteiger partial charge is 0.392 e. The van der Waals surface area contributed by atoms with E-state index in [1.807, 2.05) is 24.4 Å². The summed E-state index contributed by atoms with van der Waals surface area (Å²) in [5, 5.41) is 29.0. The number of aliphatic hydroxyl groups is 3. The van der Waals surface area contributed by atoms with Crippen LogP contribution in [0.5, 0.6) is 0 Å². The van der Waals surface area contributed by atoms with Crippen LogP contribution in [0.2, 0.25) is 0 Å². The van der Waals surface area contributed by atoms with Gasteiger partial charge in [-0.25, -0.2) is 0 Å². The topological polar surface area (TPSA) is 92.3 Å². The number of aromatic amines is 2. The quantitative estimate of drug-likeness (QED) is 0.406. The van der Waals surface area contributed by atoms with E-state index in [1.54, 1.807) is 6.07 Å². The molecule has 2 aromatic heterocycles. The van der Waals surface area contributed by atoms with Crippen LogP contribution in [-0.2, 0) is 19.8 Å². The molecular formula is C17H16Br2N2O3. The first kappa shape index (κ1) is 17.4. The maximum Gasteiger partial charge on any atom is 0.0916 e. The first-order chi connectivity index (χ1) is 11.6. The molecule has 24 heavy (non-hydrogen) atoms. The SMILES string of the molecule is OCc1ccc(-c2c(Br)[nH]c(-c3ccc[nH]3)c2Br)c(CO)c1CO. The van der Waals surface area contributed by atoms with Crippen LogP contribution in [0.3, 0.4) is 0 Å². The molecule has 1 aromatic carbocycles. The van der Waals surface area contributed by atoms with Crippen LogP contribution in [0, 0.1) is 0 Å². The van der Waals surface area contributed by atoms with Gasteiger partial charge < -0.3 is 25.3 Å². The van der Waals surface area contributed by atoms with Crippen molar-refractivity contribution in [2.24, 2.45) is 0 Å². The van der Waals surface area contributed by atoms with E-state index < -0.39 is 0 Å². The molecule has 0 saturated carbocycles. The summed E-state index contributed by atoms with van der Waals surface area (Å²) in [5.41, 5.74) is 5.20. The zero-order chi connectivity index (χ0) is 17.3. The molecule has 0 fully saturated rings. The van der Waals surface area contributed by atoms with Crippen molar-refractivity contribution < 1.29 is 15.3 Å². The Morgan fingerprint density at radius 1 is 0.917 bits per heavy atom. The highest BCUT2D eigenvalue weighted by Crippen LogP contribution is 2.43. The number of rotatable bonds is 5. The fraction of sp³-hybridized carbons (Fsp3) is 0.176. The van der Waals surface area contributed by atoms with Gasteiger partial charge in [0.15, 0.2) is 0 Å². The Kier molecular flexibility index (Phi) is 5.27. The molecule has 0 unspecified atom stereocenters. The summed E-state index contributed by atoms with van der Waals surface area (Å²) in [7, 11) is 0. The van der Waals surface area contributed by atoms with Crippen LogP contribution >= 0.6 is 31.9 Å². The summed E-state index contributed by atoms with van der Waals surface area (Å²) in [4.78, 5) is 6.43. The number of aromatic nitrogens is 2. The van der Waals surface area contributed by atoms with Gasteiger partial charge in [0.1, 0.15) is 0 Å². The lowest BCUT2D eigenvalue weighted by atomic mass is 9.93. The lowest BCUT2D eigenvalue weighted by Crippen LogP contribution is -2.03. The number of benzene rings is 1. The Balaban J connectivity index is 2.23. The van der Waals surface area contributed by atoms with E-state index in [2.05, 4.69) is 41.8 Å². The second kappa shape index (κ2) is 7.25. The van der Waals surface area contributed by atoms with Crippen molar-refractivity contribution in [2.45, 2.75) is 19.8 Å². The molecule has 5 N–H and O–H groups in total. The van der Waals surface area contributed by atoms with Gasteiger partial charge in [-0.2, -0.15) is 0 Å². The summed E-state index contributed by atoms with van der Waals surface area (Å²) in [6, 6.07) is 7.47. The van der Waals surface area contributed by atoms with Crippen molar-refractivity contribution >= 4 is 31.9 Å². The van der Waals surface area contributed by atoms with E-state index in [0.29, 0.717) is 16.7 Å². The second-order valence-electron chi connectivity index (χ2n) is 5.29. The van der Waals surface area contributed by atoms with Gasteiger partial charge in [-0.15, -0.1) is 0 Å². The molecule has 0 amide bonds. The van der Waals surface area contributed by atoms with E-state index in [0.717, 1.165) is 31.6 Å². The van der Waals surface area contributed by atoms with Gasteiger partial charge in [0.25, 0.3) is 0 Å². The molecule has 7 heteroatoms. The lowest BCUT2D eigenvalue weighted by Gasteiger charge is -2.15. The van der Waals surface area contributed by atoms with Crippen molar-refractivity contribution in [3.05, 3.63) is 56.2 Å². The smallest absolute Gasteiger partial charge is 0.0916 e. The summed E-state index contributed by atoms with van der Waals surface area (Å²) >= 11 is 7.17. The van der Waals surface area contributed by atoms with Crippen LogP contribution in [0.4, 0.5) is 0 Å². The van der Waals surface area contributed by atoms with Gasteiger partial charge in [-0.05, 0) is 66.2 Å². The van der Waals surface area contributed by atoms with Crippen LogP contribution in [0.1, 0.15) is 16.7 Å². The molecule has 3 rings (SSSR count). The van der Waals surface area contributed by atoms with Gasteiger partial charge >= 0.3 is 0 Å². The summed E-state index contributed by atoms with van der Waals surface area (Å²) in [5.74, 6) is 0. The molecule has 0 aliphatic heterocycles. The highest BCUT2D eigenvalue weighted by Gasteiger charge is 2.21. The average molecular weight is 456 g/mol. The number of hydrogen-bond donors (Lipinski definition) is 5. The zero-order valence-corrected chi connectivity index (χ0v) is 15.8. The number of hydrogen-bond acceptors (Lipinski definition) is 3. The fourth-order valence-electron chi connectivity index (χ4n) is 2.86. The molecule has 2 heterocycles. The number of H-pyrrole nitrogens is 2. The third-order valence-electron chi connectivity index (χ3n) is 4.04. The van der Waals surface area contributed by atoms with Crippen molar-refractivity contribution in [3.63, 3.8) is 0 Å². The predicted molar refractivity (Wildman–Crippen MR) is 99.2 cm³/mol. The third-order valence-corrected chi connectivity index (χ3v) is 5.43. The molecule has 0 saturated heterocycles. The molecule has 0 radical (unpaired) electrons. The normalized spacial score (nSPS) is 11.2. The summed E-state index contributed by atoms with van der Waals surface area (Å²) < 4.78 is 1.60. The van der Waals surface area contributed by atoms with E-state index in [9.17, 15) is 15.3 Å². The molecule has 0 spiro atoms. The minimum atomic E-state index is -0.247. The van der Waals surface area contributed by atoms with Gasteiger partial charge in [-0.1, -0.05) is 12.1 Å². The molecule has 126 valence electrons. The number of nitrogens with one attached hydrogen (secondary N) is 2. The number of halogens is 2. The zero-order valence-electron chi connectivity index (χ0n) is 12.6. The maximum atomic E-state index is 9.84. The first-order valence-electron chi connectivity index (χ1n) is 7.29. The van der Waals surface area contributed by atoms with Crippen molar-refractivity contribution in [1.82, 2.24) is 9.97 Å². The lowest BCUT2D eigenvalue weighted by molar-refractivity contribution is 0.248. The molecule has 0 bridgehead atoms. The van der Waals surface area contributed by atoms with Gasteiger partial charge in [0.05, 0.1) is 40.3 Å². The average Bonchev–Trinajstić information content (AvgIpc) is 3.21. The van der Waals surface area contributed by atoms with E-state index in [1.165, 1.54) is 0 Å². The van der Waals surface area contributed by atoms with Crippen molar-refractivity contribution in [3.8, 4) is 22.5 Å². The molecule has 3 aromatic rings. The van der Waals surface area contributed by atoms with E-state index in [4.69, 9.17) is 0 Å². The van der Waals surface area contributed by atoms with Gasteiger partial charge in [0.2, 0.25) is 0 Å². The standard InChI is InChI=1S/C17H16Br2N2O3/c18-15-14(17(19)21-16(15)13-2-1-5-20-13)10-4-3-9(6-22)11(7-23)12(10)8-24/h1-5,20-24H,6-8H2. The maximum absolute atomic E-state index is 9.84. The molecule has 0 aliphatic carbocycles. The monoisotopic (exact) mass is 454 g/mol. The Labute approximate surface area is 155 Å². The van der Waals surface area contributed by atoms with Gasteiger partial charge in [0, 0.05) is 11.8 Å². The highest BCUT2D eigenvalue weighted by atomic mass is 79.9. The van der Waals surface area contributed by atoms with Crippen LogP contribution in [-0.4, -0.2) is 25.3 Å². The number of aliphatic hydroxyl groups excluding tert-OH is 3. The van der Waals surface area contributed by atoms with Crippen LogP contribution in [0.25, 0.3) is 22.5 Å². The van der Waals surface area contributed by atoms with Crippen LogP contribution < -0.4 is 0 Å². The minimum Gasteiger partial charge on any atom is -0.392 e.